The van der Waals surface area contributed by atoms with Gasteiger partial charge in [0.25, 0.3) is 0 Å². The highest BCUT2D eigenvalue weighted by Crippen LogP contribution is 2.27. The van der Waals surface area contributed by atoms with Gasteiger partial charge >= 0.3 is 0 Å². The van der Waals surface area contributed by atoms with Gasteiger partial charge in [-0.1, -0.05) is 12.8 Å². The molecule has 3 rings (SSSR count). The summed E-state index contributed by atoms with van der Waals surface area (Å²) >= 11 is 0. The van der Waals surface area contributed by atoms with Crippen LogP contribution in [0.25, 0.3) is 0 Å². The molecule has 2 N–H and O–H groups in total. The topological polar surface area (TPSA) is 74.6 Å². The third-order valence-electron chi connectivity index (χ3n) is 5.18. The van der Waals surface area contributed by atoms with Crippen molar-refractivity contribution in [3.05, 3.63) is 18.5 Å². The van der Waals surface area contributed by atoms with Crippen LogP contribution in [-0.2, 0) is 11.3 Å². The second-order valence-electron chi connectivity index (χ2n) is 7.02. The summed E-state index contributed by atoms with van der Waals surface area (Å²) in [4.78, 5) is 18.9. The van der Waals surface area contributed by atoms with E-state index in [1.54, 1.807) is 13.2 Å². The minimum Gasteiger partial charge on any atom is -0.356 e. The maximum atomic E-state index is 12.5. The van der Waals surface area contributed by atoms with Crippen molar-refractivity contribution in [2.75, 3.05) is 26.7 Å². The molecule has 7 nitrogen and oxygen atoms in total. The van der Waals surface area contributed by atoms with E-state index in [2.05, 4.69) is 20.7 Å². The van der Waals surface area contributed by atoms with E-state index in [-0.39, 0.29) is 29.9 Å². The van der Waals surface area contributed by atoms with Gasteiger partial charge in [0.1, 0.15) is 0 Å². The molecule has 1 aliphatic heterocycles. The molecular formula is C18H31IN6O. The zero-order valence-electron chi connectivity index (χ0n) is 15.6. The molecule has 8 heteroatoms. The standard InChI is InChI=1S/C18H30N6O.HI/c1-19-18(20-9-4-11-24-12-5-10-21-24)22-16-8-13-23(14-16)17(25)15-6-2-3-7-15;/h5,10,12,15-16H,2-4,6-9,11,13-14H2,1H3,(H2,19,20,22);1H. The van der Waals surface area contributed by atoms with Crippen LogP contribution in [-0.4, -0.2) is 59.3 Å². The first-order valence-corrected chi connectivity index (χ1v) is 9.49. The Morgan fingerprint density at radius 2 is 2.12 bits per heavy atom. The number of halogens is 1. The number of aliphatic imine (C=N–C) groups is 1. The van der Waals surface area contributed by atoms with Gasteiger partial charge in [0.15, 0.2) is 5.96 Å². The van der Waals surface area contributed by atoms with Crippen molar-refractivity contribution in [3.63, 3.8) is 0 Å². The van der Waals surface area contributed by atoms with Gasteiger partial charge in [0.05, 0.1) is 0 Å². The SMILES string of the molecule is CN=C(NCCCn1cccn1)NC1CCN(C(=O)C2CCCC2)C1.I. The van der Waals surface area contributed by atoms with Gasteiger partial charge in [-0.15, -0.1) is 24.0 Å². The first kappa shape index (κ1) is 21.0. The Morgan fingerprint density at radius 1 is 1.31 bits per heavy atom. The Morgan fingerprint density at radius 3 is 2.81 bits per heavy atom. The van der Waals surface area contributed by atoms with Crippen LogP contribution >= 0.6 is 24.0 Å². The fraction of sp³-hybridized carbons (Fsp3) is 0.722. The van der Waals surface area contributed by atoms with Crippen LogP contribution in [0.2, 0.25) is 0 Å². The highest BCUT2D eigenvalue weighted by Gasteiger charge is 2.32. The van der Waals surface area contributed by atoms with Gasteiger partial charge in [-0.05, 0) is 31.7 Å². The van der Waals surface area contributed by atoms with Crippen molar-refractivity contribution in [2.24, 2.45) is 10.9 Å². The van der Waals surface area contributed by atoms with Gasteiger partial charge in [0, 0.05) is 57.6 Å². The van der Waals surface area contributed by atoms with Crippen LogP contribution in [0, 0.1) is 5.92 Å². The van der Waals surface area contributed by atoms with E-state index in [9.17, 15) is 4.79 Å². The lowest BCUT2D eigenvalue weighted by atomic mass is 10.1. The molecule has 0 aromatic carbocycles. The number of rotatable bonds is 6. The van der Waals surface area contributed by atoms with Gasteiger partial charge in [-0.3, -0.25) is 14.5 Å². The van der Waals surface area contributed by atoms with Gasteiger partial charge in [-0.2, -0.15) is 5.10 Å². The van der Waals surface area contributed by atoms with Crippen molar-refractivity contribution in [1.82, 2.24) is 25.3 Å². The highest BCUT2D eigenvalue weighted by atomic mass is 127. The summed E-state index contributed by atoms with van der Waals surface area (Å²) in [6.45, 7) is 3.40. The molecule has 0 radical (unpaired) electrons. The van der Waals surface area contributed by atoms with E-state index >= 15 is 0 Å². The average molecular weight is 474 g/mol. The summed E-state index contributed by atoms with van der Waals surface area (Å²) in [6, 6.07) is 2.23. The Kier molecular flexibility index (Phi) is 8.67. The molecule has 1 aliphatic carbocycles. The van der Waals surface area contributed by atoms with Crippen LogP contribution < -0.4 is 10.6 Å². The Balaban J connectivity index is 0.00000243. The summed E-state index contributed by atoms with van der Waals surface area (Å²) in [6.07, 6.45) is 10.3. The van der Waals surface area contributed by atoms with E-state index in [0.717, 1.165) is 57.8 Å². The quantitative estimate of drug-likeness (QED) is 0.286. The molecule has 1 atom stereocenters. The summed E-state index contributed by atoms with van der Waals surface area (Å²) < 4.78 is 1.93. The van der Waals surface area contributed by atoms with Crippen LogP contribution in [0.5, 0.6) is 0 Å². The van der Waals surface area contributed by atoms with Crippen molar-refractivity contribution in [3.8, 4) is 0 Å². The molecule has 1 saturated carbocycles. The minimum atomic E-state index is 0. The maximum absolute atomic E-state index is 12.5. The second kappa shape index (κ2) is 10.7. The molecule has 1 saturated heterocycles. The molecule has 1 aromatic rings. The van der Waals surface area contributed by atoms with Crippen LogP contribution in [0.15, 0.2) is 23.5 Å². The molecule has 1 unspecified atom stereocenters. The zero-order chi connectivity index (χ0) is 17.5. The third-order valence-corrected chi connectivity index (χ3v) is 5.18. The monoisotopic (exact) mass is 474 g/mol. The van der Waals surface area contributed by atoms with Crippen molar-refractivity contribution < 1.29 is 4.79 Å². The molecule has 146 valence electrons. The van der Waals surface area contributed by atoms with Crippen molar-refractivity contribution in [1.29, 1.82) is 0 Å². The molecule has 2 aliphatic rings. The van der Waals surface area contributed by atoms with Gasteiger partial charge in [-0.25, -0.2) is 0 Å². The number of likely N-dealkylation sites (tertiary alicyclic amines) is 1. The Bertz CT molecular complexity index is 570. The molecule has 0 bridgehead atoms. The lowest BCUT2D eigenvalue weighted by molar-refractivity contribution is -0.134. The first-order valence-electron chi connectivity index (χ1n) is 9.49. The first-order chi connectivity index (χ1) is 12.3. The van der Waals surface area contributed by atoms with Crippen LogP contribution in [0.4, 0.5) is 0 Å². The number of carbonyl (C=O) groups is 1. The summed E-state index contributed by atoms with van der Waals surface area (Å²) in [7, 11) is 1.79. The maximum Gasteiger partial charge on any atom is 0.225 e. The fourth-order valence-electron chi connectivity index (χ4n) is 3.78. The highest BCUT2D eigenvalue weighted by molar-refractivity contribution is 14.0. The summed E-state index contributed by atoms with van der Waals surface area (Å²) in [5, 5.41) is 11.0. The number of carbonyl (C=O) groups excluding carboxylic acids is 1. The molecule has 2 fully saturated rings. The van der Waals surface area contributed by atoms with Crippen LogP contribution in [0.3, 0.4) is 0 Å². The van der Waals surface area contributed by atoms with Crippen molar-refractivity contribution in [2.45, 2.75) is 51.1 Å². The Labute approximate surface area is 173 Å². The van der Waals surface area contributed by atoms with Gasteiger partial charge < -0.3 is 15.5 Å². The molecule has 1 amide bonds. The van der Waals surface area contributed by atoms with Crippen molar-refractivity contribution >= 4 is 35.8 Å². The van der Waals surface area contributed by atoms with E-state index < -0.39 is 0 Å². The predicted molar refractivity (Wildman–Crippen MR) is 114 cm³/mol. The molecule has 0 spiro atoms. The third kappa shape index (κ3) is 5.85. The summed E-state index contributed by atoms with van der Waals surface area (Å²) in [5.41, 5.74) is 0. The average Bonchev–Trinajstić information content (AvgIpc) is 3.39. The fourth-order valence-corrected chi connectivity index (χ4v) is 3.78. The molecule has 2 heterocycles. The Hall–Kier alpha value is -1.32. The summed E-state index contributed by atoms with van der Waals surface area (Å²) in [5.74, 6) is 1.46. The van der Waals surface area contributed by atoms with Gasteiger partial charge in [0.2, 0.25) is 5.91 Å². The number of hydrogen-bond acceptors (Lipinski definition) is 3. The number of hydrogen-bond donors (Lipinski definition) is 2. The lowest BCUT2D eigenvalue weighted by Crippen LogP contribution is -2.45. The number of amides is 1. The van der Waals surface area contributed by atoms with E-state index in [0.29, 0.717) is 11.9 Å². The van der Waals surface area contributed by atoms with E-state index in [1.165, 1.54) is 12.8 Å². The molecule has 26 heavy (non-hydrogen) atoms. The van der Waals surface area contributed by atoms with E-state index in [4.69, 9.17) is 0 Å². The number of aryl methyl sites for hydroxylation is 1. The molecule has 1 aromatic heterocycles. The largest absolute Gasteiger partial charge is 0.356 e. The number of guanidine groups is 1. The number of nitrogens with one attached hydrogen (secondary N) is 2. The predicted octanol–water partition coefficient (Wildman–Crippen LogP) is 1.85. The minimum absolute atomic E-state index is 0. The zero-order valence-corrected chi connectivity index (χ0v) is 17.9. The second-order valence-corrected chi connectivity index (χ2v) is 7.02. The number of aromatic nitrogens is 2. The molecular weight excluding hydrogens is 443 g/mol. The number of nitrogens with zero attached hydrogens (tertiary/aromatic N) is 4. The van der Waals surface area contributed by atoms with E-state index in [1.807, 2.05) is 21.8 Å². The van der Waals surface area contributed by atoms with Crippen LogP contribution in [0.1, 0.15) is 38.5 Å². The smallest absolute Gasteiger partial charge is 0.225 e. The lowest BCUT2D eigenvalue weighted by Gasteiger charge is -2.21. The normalized spacial score (nSPS) is 20.9.